The average Bonchev–Trinajstić information content (AvgIpc) is 2.19. The fourth-order valence-electron chi connectivity index (χ4n) is 1.60. The van der Waals surface area contributed by atoms with E-state index in [0.29, 0.717) is 6.04 Å². The first-order valence-electron chi connectivity index (χ1n) is 5.18. The van der Waals surface area contributed by atoms with Crippen molar-refractivity contribution in [3.05, 3.63) is 47.0 Å². The number of nitrogens with one attached hydrogen (secondary N) is 1. The zero-order chi connectivity index (χ0) is 11.3. The molecule has 0 fully saturated rings. The normalized spacial score (nSPS) is 12.5. The van der Waals surface area contributed by atoms with Crippen molar-refractivity contribution in [2.75, 3.05) is 7.05 Å². The molecule has 1 atom stereocenters. The molecule has 1 rings (SSSR count). The van der Waals surface area contributed by atoms with Gasteiger partial charge in [0.1, 0.15) is 0 Å². The second-order valence-corrected chi connectivity index (χ2v) is 4.41. The maximum absolute atomic E-state index is 5.84. The summed E-state index contributed by atoms with van der Waals surface area (Å²) in [4.78, 5) is 0. The monoisotopic (exact) mass is 223 g/mol. The SMILES string of the molecule is C=C(C)CC(Cc1ccc(Cl)cc1)NC. The number of benzene rings is 1. The lowest BCUT2D eigenvalue weighted by atomic mass is 10.0. The molecule has 0 aromatic heterocycles. The van der Waals surface area contributed by atoms with Crippen LogP contribution < -0.4 is 5.32 Å². The van der Waals surface area contributed by atoms with E-state index < -0.39 is 0 Å². The molecule has 0 saturated heterocycles. The summed E-state index contributed by atoms with van der Waals surface area (Å²) in [7, 11) is 1.99. The van der Waals surface area contributed by atoms with Gasteiger partial charge in [-0.15, -0.1) is 6.58 Å². The van der Waals surface area contributed by atoms with Crippen LogP contribution in [0.5, 0.6) is 0 Å². The fraction of sp³-hybridized carbons (Fsp3) is 0.385. The highest BCUT2D eigenvalue weighted by Crippen LogP contribution is 2.13. The molecule has 0 aliphatic rings. The van der Waals surface area contributed by atoms with Gasteiger partial charge in [0.15, 0.2) is 0 Å². The van der Waals surface area contributed by atoms with Crippen LogP contribution in [0.25, 0.3) is 0 Å². The lowest BCUT2D eigenvalue weighted by molar-refractivity contribution is 0.555. The molecule has 0 saturated carbocycles. The second-order valence-electron chi connectivity index (χ2n) is 3.98. The molecule has 0 bridgehead atoms. The summed E-state index contributed by atoms with van der Waals surface area (Å²) in [6.07, 6.45) is 2.03. The molecular formula is C13H18ClN. The summed E-state index contributed by atoms with van der Waals surface area (Å²) in [5.74, 6) is 0. The highest BCUT2D eigenvalue weighted by molar-refractivity contribution is 6.30. The van der Waals surface area contributed by atoms with Gasteiger partial charge in [-0.1, -0.05) is 29.3 Å². The third kappa shape index (κ3) is 4.50. The molecule has 1 aromatic carbocycles. The van der Waals surface area contributed by atoms with Crippen molar-refractivity contribution in [3.8, 4) is 0 Å². The summed E-state index contributed by atoms with van der Waals surface area (Å²) in [6.45, 7) is 6.00. The molecule has 1 nitrogen and oxygen atoms in total. The first-order chi connectivity index (χ1) is 7.11. The minimum Gasteiger partial charge on any atom is -0.316 e. The largest absolute Gasteiger partial charge is 0.316 e. The van der Waals surface area contributed by atoms with E-state index in [4.69, 9.17) is 11.6 Å². The van der Waals surface area contributed by atoms with E-state index in [2.05, 4.69) is 31.0 Å². The van der Waals surface area contributed by atoms with E-state index in [9.17, 15) is 0 Å². The van der Waals surface area contributed by atoms with Crippen LogP contribution in [0.2, 0.25) is 5.02 Å². The van der Waals surface area contributed by atoms with Gasteiger partial charge in [0.25, 0.3) is 0 Å². The summed E-state index contributed by atoms with van der Waals surface area (Å²) in [6, 6.07) is 8.48. The van der Waals surface area contributed by atoms with Crippen LogP contribution in [-0.4, -0.2) is 13.1 Å². The maximum Gasteiger partial charge on any atom is 0.0406 e. The summed E-state index contributed by atoms with van der Waals surface area (Å²) in [5, 5.41) is 4.09. The van der Waals surface area contributed by atoms with Crippen LogP contribution in [-0.2, 0) is 6.42 Å². The molecule has 1 unspecified atom stereocenters. The molecule has 0 radical (unpaired) electrons. The Hall–Kier alpha value is -0.790. The van der Waals surface area contributed by atoms with Crippen molar-refractivity contribution in [1.29, 1.82) is 0 Å². The standard InChI is InChI=1S/C13H18ClN/c1-10(2)8-13(15-3)9-11-4-6-12(14)7-5-11/h4-7,13,15H,1,8-9H2,2-3H3. The molecule has 0 spiro atoms. The van der Waals surface area contributed by atoms with E-state index in [1.165, 1.54) is 11.1 Å². The Morgan fingerprint density at radius 3 is 2.47 bits per heavy atom. The quantitative estimate of drug-likeness (QED) is 0.755. The lowest BCUT2D eigenvalue weighted by Gasteiger charge is -2.16. The lowest BCUT2D eigenvalue weighted by Crippen LogP contribution is -2.27. The Bertz CT molecular complexity index is 316. The number of halogens is 1. The highest BCUT2D eigenvalue weighted by Gasteiger charge is 2.06. The zero-order valence-corrected chi connectivity index (χ0v) is 10.1. The molecule has 82 valence electrons. The van der Waals surface area contributed by atoms with Gasteiger partial charge in [0, 0.05) is 11.1 Å². The van der Waals surface area contributed by atoms with E-state index in [0.717, 1.165) is 17.9 Å². The minimum atomic E-state index is 0.462. The van der Waals surface area contributed by atoms with E-state index in [1.54, 1.807) is 0 Å². The van der Waals surface area contributed by atoms with Gasteiger partial charge >= 0.3 is 0 Å². The predicted octanol–water partition coefficient (Wildman–Crippen LogP) is 3.44. The van der Waals surface area contributed by atoms with Crippen LogP contribution in [0.4, 0.5) is 0 Å². The van der Waals surface area contributed by atoms with Crippen LogP contribution in [0.3, 0.4) is 0 Å². The number of hydrogen-bond acceptors (Lipinski definition) is 1. The van der Waals surface area contributed by atoms with Crippen molar-refractivity contribution in [3.63, 3.8) is 0 Å². The van der Waals surface area contributed by atoms with Crippen LogP contribution in [0, 0.1) is 0 Å². The Kier molecular flexibility index (Phi) is 4.86. The fourth-order valence-corrected chi connectivity index (χ4v) is 1.73. The first kappa shape index (κ1) is 12.3. The zero-order valence-electron chi connectivity index (χ0n) is 9.39. The minimum absolute atomic E-state index is 0.462. The third-order valence-electron chi connectivity index (χ3n) is 2.40. The Morgan fingerprint density at radius 1 is 1.40 bits per heavy atom. The molecule has 1 N–H and O–H groups in total. The average molecular weight is 224 g/mol. The summed E-state index contributed by atoms with van der Waals surface area (Å²) in [5.41, 5.74) is 2.52. The number of likely N-dealkylation sites (N-methyl/N-ethyl adjacent to an activating group) is 1. The van der Waals surface area contributed by atoms with Crippen LogP contribution in [0.15, 0.2) is 36.4 Å². The molecule has 15 heavy (non-hydrogen) atoms. The van der Waals surface area contributed by atoms with E-state index >= 15 is 0 Å². The third-order valence-corrected chi connectivity index (χ3v) is 2.65. The Balaban J connectivity index is 2.58. The van der Waals surface area contributed by atoms with Crippen molar-refractivity contribution in [1.82, 2.24) is 5.32 Å². The smallest absolute Gasteiger partial charge is 0.0406 e. The molecule has 1 aromatic rings. The Morgan fingerprint density at radius 2 is 2.00 bits per heavy atom. The van der Waals surface area contributed by atoms with Crippen LogP contribution in [0.1, 0.15) is 18.9 Å². The topological polar surface area (TPSA) is 12.0 Å². The van der Waals surface area contributed by atoms with Crippen molar-refractivity contribution in [2.45, 2.75) is 25.8 Å². The van der Waals surface area contributed by atoms with E-state index in [-0.39, 0.29) is 0 Å². The number of hydrogen-bond donors (Lipinski definition) is 1. The second kappa shape index (κ2) is 5.94. The van der Waals surface area contributed by atoms with Gasteiger partial charge < -0.3 is 5.32 Å². The van der Waals surface area contributed by atoms with Crippen molar-refractivity contribution in [2.24, 2.45) is 0 Å². The van der Waals surface area contributed by atoms with Gasteiger partial charge in [-0.3, -0.25) is 0 Å². The molecule has 0 aliphatic carbocycles. The molecule has 0 aliphatic heterocycles. The number of rotatable bonds is 5. The molecule has 0 heterocycles. The summed E-state index contributed by atoms with van der Waals surface area (Å²) < 4.78 is 0. The molecular weight excluding hydrogens is 206 g/mol. The first-order valence-corrected chi connectivity index (χ1v) is 5.55. The maximum atomic E-state index is 5.84. The van der Waals surface area contributed by atoms with Crippen molar-refractivity contribution < 1.29 is 0 Å². The van der Waals surface area contributed by atoms with Gasteiger partial charge in [-0.2, -0.15) is 0 Å². The molecule has 2 heteroatoms. The van der Waals surface area contributed by atoms with Crippen molar-refractivity contribution >= 4 is 11.6 Å². The van der Waals surface area contributed by atoms with Gasteiger partial charge in [0.05, 0.1) is 0 Å². The summed E-state index contributed by atoms with van der Waals surface area (Å²) >= 11 is 5.84. The van der Waals surface area contributed by atoms with E-state index in [1.807, 2.05) is 19.2 Å². The predicted molar refractivity (Wildman–Crippen MR) is 67.4 cm³/mol. The van der Waals surface area contributed by atoms with Gasteiger partial charge in [-0.05, 0) is 44.5 Å². The highest BCUT2D eigenvalue weighted by atomic mass is 35.5. The van der Waals surface area contributed by atoms with Gasteiger partial charge in [0.2, 0.25) is 0 Å². The van der Waals surface area contributed by atoms with Gasteiger partial charge in [-0.25, -0.2) is 0 Å². The van der Waals surface area contributed by atoms with Crippen LogP contribution >= 0.6 is 11.6 Å². The Labute approximate surface area is 97.1 Å². The molecule has 0 amide bonds.